The number of piperazine rings is 1. The summed E-state index contributed by atoms with van der Waals surface area (Å²) in [5.41, 5.74) is 1.26. The van der Waals surface area contributed by atoms with Gasteiger partial charge in [-0.05, 0) is 25.0 Å². The van der Waals surface area contributed by atoms with Gasteiger partial charge in [-0.15, -0.1) is 0 Å². The molecule has 1 aromatic rings. The minimum absolute atomic E-state index is 0.241. The average molecular weight is 259 g/mol. The first-order valence-electron chi connectivity index (χ1n) is 7.18. The van der Waals surface area contributed by atoms with Crippen molar-refractivity contribution in [1.82, 2.24) is 9.80 Å². The molecular formula is C15H21N3O. The summed E-state index contributed by atoms with van der Waals surface area (Å²) in [7, 11) is 0. The molecule has 2 heterocycles. The van der Waals surface area contributed by atoms with E-state index in [1.54, 1.807) is 0 Å². The Morgan fingerprint density at radius 2 is 1.37 bits per heavy atom. The number of benzene rings is 1. The van der Waals surface area contributed by atoms with Crippen molar-refractivity contribution in [3.8, 4) is 0 Å². The van der Waals surface area contributed by atoms with Gasteiger partial charge in [0.05, 0.1) is 0 Å². The Morgan fingerprint density at radius 3 is 2.00 bits per heavy atom. The van der Waals surface area contributed by atoms with E-state index in [0.29, 0.717) is 0 Å². The van der Waals surface area contributed by atoms with Crippen LogP contribution in [0.1, 0.15) is 12.8 Å². The molecule has 19 heavy (non-hydrogen) atoms. The molecule has 2 aliphatic rings. The van der Waals surface area contributed by atoms with Crippen molar-refractivity contribution in [3.63, 3.8) is 0 Å². The van der Waals surface area contributed by atoms with Crippen LogP contribution in [0.4, 0.5) is 10.5 Å². The third-order valence-electron chi connectivity index (χ3n) is 4.05. The summed E-state index contributed by atoms with van der Waals surface area (Å²) in [5.74, 6) is 0. The largest absolute Gasteiger partial charge is 0.368 e. The van der Waals surface area contributed by atoms with Gasteiger partial charge < -0.3 is 14.7 Å². The maximum atomic E-state index is 12.3. The highest BCUT2D eigenvalue weighted by Gasteiger charge is 2.26. The molecule has 3 rings (SSSR count). The Morgan fingerprint density at radius 1 is 0.789 bits per heavy atom. The SMILES string of the molecule is O=C(N1CCCC1)N1CCN(c2ccccc2)CC1. The first-order chi connectivity index (χ1) is 9.34. The van der Waals surface area contributed by atoms with Crippen molar-refractivity contribution in [3.05, 3.63) is 30.3 Å². The standard InChI is InChI=1S/C15H21N3O/c19-15(17-8-4-5-9-17)18-12-10-16(11-13-18)14-6-2-1-3-7-14/h1-3,6-7H,4-5,8-13H2. The molecule has 0 aromatic heterocycles. The van der Waals surface area contributed by atoms with Gasteiger partial charge in [-0.25, -0.2) is 4.79 Å². The van der Waals surface area contributed by atoms with Gasteiger partial charge in [0.25, 0.3) is 0 Å². The fraction of sp³-hybridized carbons (Fsp3) is 0.533. The second kappa shape index (κ2) is 5.51. The average Bonchev–Trinajstić information content (AvgIpc) is 3.02. The Hall–Kier alpha value is -1.71. The lowest BCUT2D eigenvalue weighted by atomic mass is 10.2. The molecule has 0 aliphatic carbocycles. The van der Waals surface area contributed by atoms with Gasteiger partial charge in [0.2, 0.25) is 0 Å². The summed E-state index contributed by atoms with van der Waals surface area (Å²) in [6.07, 6.45) is 2.32. The highest BCUT2D eigenvalue weighted by molar-refractivity contribution is 5.75. The van der Waals surface area contributed by atoms with E-state index in [1.165, 1.54) is 5.69 Å². The Labute approximate surface area is 114 Å². The highest BCUT2D eigenvalue weighted by atomic mass is 16.2. The molecule has 102 valence electrons. The van der Waals surface area contributed by atoms with Crippen molar-refractivity contribution in [2.75, 3.05) is 44.2 Å². The van der Waals surface area contributed by atoms with Crippen LogP contribution in [0, 0.1) is 0 Å². The molecule has 0 saturated carbocycles. The summed E-state index contributed by atoms with van der Waals surface area (Å²) in [5, 5.41) is 0. The van der Waals surface area contributed by atoms with Crippen LogP contribution in [0.5, 0.6) is 0 Å². The molecule has 2 fully saturated rings. The molecule has 0 bridgehead atoms. The van der Waals surface area contributed by atoms with E-state index < -0.39 is 0 Å². The Balaban J connectivity index is 1.56. The zero-order valence-corrected chi connectivity index (χ0v) is 11.3. The normalized spacial score (nSPS) is 19.9. The van der Waals surface area contributed by atoms with Crippen LogP contribution >= 0.6 is 0 Å². The summed E-state index contributed by atoms with van der Waals surface area (Å²) >= 11 is 0. The topological polar surface area (TPSA) is 26.8 Å². The van der Waals surface area contributed by atoms with Crippen molar-refractivity contribution >= 4 is 11.7 Å². The van der Waals surface area contributed by atoms with E-state index in [-0.39, 0.29) is 6.03 Å². The third kappa shape index (κ3) is 2.67. The number of hydrogen-bond acceptors (Lipinski definition) is 2. The first-order valence-corrected chi connectivity index (χ1v) is 7.18. The molecule has 2 amide bonds. The van der Waals surface area contributed by atoms with Gasteiger partial charge in [-0.1, -0.05) is 18.2 Å². The predicted octanol–water partition coefficient (Wildman–Crippen LogP) is 2.02. The molecule has 0 spiro atoms. The predicted molar refractivity (Wildman–Crippen MR) is 76.4 cm³/mol. The number of amides is 2. The molecule has 0 atom stereocenters. The Kier molecular flexibility index (Phi) is 3.58. The lowest BCUT2D eigenvalue weighted by molar-refractivity contribution is 0.159. The first kappa shape index (κ1) is 12.3. The van der Waals surface area contributed by atoms with Crippen molar-refractivity contribution in [2.45, 2.75) is 12.8 Å². The molecule has 0 N–H and O–H groups in total. The van der Waals surface area contributed by atoms with E-state index in [1.807, 2.05) is 15.9 Å². The van der Waals surface area contributed by atoms with Gasteiger partial charge in [0.1, 0.15) is 0 Å². The number of nitrogens with zero attached hydrogens (tertiary/aromatic N) is 3. The van der Waals surface area contributed by atoms with Crippen LogP contribution in [0.2, 0.25) is 0 Å². The molecule has 2 saturated heterocycles. The molecule has 4 nitrogen and oxygen atoms in total. The molecule has 1 aromatic carbocycles. The van der Waals surface area contributed by atoms with E-state index in [2.05, 4.69) is 29.2 Å². The van der Waals surface area contributed by atoms with Crippen LogP contribution in [0.15, 0.2) is 30.3 Å². The highest BCUT2D eigenvalue weighted by Crippen LogP contribution is 2.17. The zero-order valence-electron chi connectivity index (χ0n) is 11.3. The summed E-state index contributed by atoms with van der Waals surface area (Å²) in [6, 6.07) is 10.7. The number of hydrogen-bond donors (Lipinski definition) is 0. The quantitative estimate of drug-likeness (QED) is 0.771. The van der Waals surface area contributed by atoms with Crippen molar-refractivity contribution < 1.29 is 4.79 Å². The number of anilines is 1. The second-order valence-electron chi connectivity index (χ2n) is 5.29. The van der Waals surface area contributed by atoms with Gasteiger partial charge in [0, 0.05) is 45.0 Å². The monoisotopic (exact) mass is 259 g/mol. The fourth-order valence-electron chi connectivity index (χ4n) is 2.90. The zero-order chi connectivity index (χ0) is 13.1. The van der Waals surface area contributed by atoms with Crippen molar-refractivity contribution in [2.24, 2.45) is 0 Å². The van der Waals surface area contributed by atoms with Crippen LogP contribution in [0.25, 0.3) is 0 Å². The molecular weight excluding hydrogens is 238 g/mol. The molecule has 2 aliphatic heterocycles. The summed E-state index contributed by atoms with van der Waals surface area (Å²) in [4.78, 5) is 18.6. The number of rotatable bonds is 1. The molecule has 0 radical (unpaired) electrons. The van der Waals surface area contributed by atoms with Gasteiger partial charge in [-0.2, -0.15) is 0 Å². The third-order valence-corrected chi connectivity index (χ3v) is 4.05. The van der Waals surface area contributed by atoms with E-state index in [9.17, 15) is 4.79 Å². The molecule has 4 heteroatoms. The number of urea groups is 1. The second-order valence-corrected chi connectivity index (χ2v) is 5.29. The summed E-state index contributed by atoms with van der Waals surface area (Å²) < 4.78 is 0. The minimum Gasteiger partial charge on any atom is -0.368 e. The number of likely N-dealkylation sites (tertiary alicyclic amines) is 1. The van der Waals surface area contributed by atoms with E-state index in [4.69, 9.17) is 0 Å². The number of carbonyl (C=O) groups is 1. The lowest BCUT2D eigenvalue weighted by Gasteiger charge is -2.37. The van der Waals surface area contributed by atoms with E-state index in [0.717, 1.165) is 52.1 Å². The smallest absolute Gasteiger partial charge is 0.320 e. The fourth-order valence-corrected chi connectivity index (χ4v) is 2.90. The van der Waals surface area contributed by atoms with Crippen molar-refractivity contribution in [1.29, 1.82) is 0 Å². The van der Waals surface area contributed by atoms with Gasteiger partial charge in [0.15, 0.2) is 0 Å². The minimum atomic E-state index is 0.241. The molecule has 0 unspecified atom stereocenters. The Bertz CT molecular complexity index is 420. The lowest BCUT2D eigenvalue weighted by Crippen LogP contribution is -2.52. The van der Waals surface area contributed by atoms with Gasteiger partial charge in [-0.3, -0.25) is 0 Å². The maximum Gasteiger partial charge on any atom is 0.320 e. The van der Waals surface area contributed by atoms with E-state index >= 15 is 0 Å². The van der Waals surface area contributed by atoms with Crippen LogP contribution in [0.3, 0.4) is 0 Å². The maximum absolute atomic E-state index is 12.3. The number of carbonyl (C=O) groups excluding carboxylic acids is 1. The van der Waals surface area contributed by atoms with Crippen LogP contribution < -0.4 is 4.90 Å². The van der Waals surface area contributed by atoms with Crippen LogP contribution in [-0.4, -0.2) is 55.1 Å². The number of para-hydroxylation sites is 1. The summed E-state index contributed by atoms with van der Waals surface area (Å²) in [6.45, 7) is 5.43. The van der Waals surface area contributed by atoms with Crippen LogP contribution in [-0.2, 0) is 0 Å². The van der Waals surface area contributed by atoms with Gasteiger partial charge >= 0.3 is 6.03 Å².